The molecule has 2 aromatic carbocycles. The molecule has 1 aliphatic carbocycles. The predicted molar refractivity (Wildman–Crippen MR) is 140 cm³/mol. The van der Waals surface area contributed by atoms with E-state index >= 15 is 0 Å². The molecule has 0 radical (unpaired) electrons. The van der Waals surface area contributed by atoms with Gasteiger partial charge in [-0.1, -0.05) is 68.1 Å². The van der Waals surface area contributed by atoms with Gasteiger partial charge in [-0.3, -0.25) is 9.59 Å². The molecular weight excluding hydrogens is 444 g/mol. The zero-order valence-corrected chi connectivity index (χ0v) is 21.5. The van der Waals surface area contributed by atoms with E-state index in [4.69, 9.17) is 4.74 Å². The summed E-state index contributed by atoms with van der Waals surface area (Å²) in [7, 11) is 1.64. The Morgan fingerprint density at radius 1 is 1.09 bits per heavy atom. The fraction of sp³-hybridized carbons (Fsp3) is 0.500. The average molecular weight is 483 g/mol. The van der Waals surface area contributed by atoms with Gasteiger partial charge < -0.3 is 15.0 Å². The summed E-state index contributed by atoms with van der Waals surface area (Å²) in [6.45, 7) is 4.44. The Morgan fingerprint density at radius 2 is 1.82 bits per heavy atom. The maximum absolute atomic E-state index is 13.5. The molecule has 2 aromatic rings. The average Bonchev–Trinajstić information content (AvgIpc) is 2.84. The van der Waals surface area contributed by atoms with Gasteiger partial charge >= 0.3 is 0 Å². The van der Waals surface area contributed by atoms with E-state index in [1.165, 1.54) is 17.5 Å². The minimum atomic E-state index is -0.486. The Kier molecular flexibility index (Phi) is 10.3. The molecule has 0 aliphatic heterocycles. The first-order valence-corrected chi connectivity index (χ1v) is 13.5. The van der Waals surface area contributed by atoms with E-state index in [-0.39, 0.29) is 17.9 Å². The molecule has 0 saturated heterocycles. The highest BCUT2D eigenvalue weighted by Gasteiger charge is 2.30. The standard InChI is InChI=1S/C28H38N2O3S/c1-4-26(28(32)29-24-13-6-5-7-14-24)30(18-22-11-9-15-25(17-22)33-3)27(31)20-34-19-23-12-8-10-21(2)16-23/h8-12,15-17,24,26H,4-7,13-14,18-20H2,1-3H3,(H,29,32). The van der Waals surface area contributed by atoms with Crippen LogP contribution >= 0.6 is 11.8 Å². The highest BCUT2D eigenvalue weighted by Crippen LogP contribution is 2.21. The molecule has 0 aromatic heterocycles. The second-order valence-electron chi connectivity index (χ2n) is 9.12. The topological polar surface area (TPSA) is 58.6 Å². The van der Waals surface area contributed by atoms with E-state index in [2.05, 4.69) is 30.4 Å². The van der Waals surface area contributed by atoms with Crippen LogP contribution in [0.15, 0.2) is 48.5 Å². The number of aryl methyl sites for hydroxylation is 1. The van der Waals surface area contributed by atoms with Gasteiger partial charge in [0.15, 0.2) is 0 Å². The third-order valence-electron chi connectivity index (χ3n) is 6.40. The first kappa shape index (κ1) is 26.1. The molecule has 1 saturated carbocycles. The SMILES string of the molecule is CCC(C(=O)NC1CCCCC1)N(Cc1cccc(OC)c1)C(=O)CSCc1cccc(C)c1. The smallest absolute Gasteiger partial charge is 0.243 e. The minimum Gasteiger partial charge on any atom is -0.497 e. The Hall–Kier alpha value is -2.47. The lowest BCUT2D eigenvalue weighted by molar-refractivity contribution is -0.139. The Morgan fingerprint density at radius 3 is 2.53 bits per heavy atom. The van der Waals surface area contributed by atoms with E-state index in [1.807, 2.05) is 37.3 Å². The quantitative estimate of drug-likeness (QED) is 0.460. The van der Waals surface area contributed by atoms with Crippen molar-refractivity contribution in [3.8, 4) is 5.75 Å². The maximum Gasteiger partial charge on any atom is 0.243 e. The molecular formula is C28H38N2O3S. The summed E-state index contributed by atoms with van der Waals surface area (Å²) < 4.78 is 5.37. The van der Waals surface area contributed by atoms with Gasteiger partial charge in [0.05, 0.1) is 12.9 Å². The van der Waals surface area contributed by atoms with Crippen LogP contribution in [0.25, 0.3) is 0 Å². The van der Waals surface area contributed by atoms with Gasteiger partial charge in [-0.05, 0) is 49.4 Å². The number of rotatable bonds is 11. The zero-order chi connectivity index (χ0) is 24.3. The second-order valence-corrected chi connectivity index (χ2v) is 10.1. The van der Waals surface area contributed by atoms with Crippen molar-refractivity contribution >= 4 is 23.6 Å². The monoisotopic (exact) mass is 482 g/mol. The van der Waals surface area contributed by atoms with Crippen LogP contribution in [0.5, 0.6) is 5.75 Å². The lowest BCUT2D eigenvalue weighted by Crippen LogP contribution is -2.52. The van der Waals surface area contributed by atoms with E-state index in [1.54, 1.807) is 23.8 Å². The first-order valence-electron chi connectivity index (χ1n) is 12.4. The third-order valence-corrected chi connectivity index (χ3v) is 7.39. The van der Waals surface area contributed by atoms with Crippen molar-refractivity contribution in [2.24, 2.45) is 0 Å². The van der Waals surface area contributed by atoms with Gasteiger partial charge in [0.25, 0.3) is 0 Å². The Balaban J connectivity index is 1.72. The van der Waals surface area contributed by atoms with Crippen molar-refractivity contribution in [1.29, 1.82) is 0 Å². The van der Waals surface area contributed by atoms with Crippen molar-refractivity contribution in [2.75, 3.05) is 12.9 Å². The van der Waals surface area contributed by atoms with Crippen LogP contribution < -0.4 is 10.1 Å². The molecule has 1 N–H and O–H groups in total. The molecule has 5 nitrogen and oxygen atoms in total. The number of benzene rings is 2. The molecule has 34 heavy (non-hydrogen) atoms. The van der Waals surface area contributed by atoms with Crippen LogP contribution in [0.2, 0.25) is 0 Å². The van der Waals surface area contributed by atoms with Crippen molar-refractivity contribution in [3.05, 3.63) is 65.2 Å². The number of nitrogens with one attached hydrogen (secondary N) is 1. The van der Waals surface area contributed by atoms with Gasteiger partial charge in [-0.15, -0.1) is 11.8 Å². The van der Waals surface area contributed by atoms with Gasteiger partial charge in [0.1, 0.15) is 11.8 Å². The van der Waals surface area contributed by atoms with E-state index in [0.717, 1.165) is 42.7 Å². The molecule has 2 amide bonds. The summed E-state index contributed by atoms with van der Waals surface area (Å²) in [5.41, 5.74) is 3.38. The summed E-state index contributed by atoms with van der Waals surface area (Å²) in [6.07, 6.45) is 6.18. The molecule has 184 valence electrons. The number of carbonyl (C=O) groups is 2. The largest absolute Gasteiger partial charge is 0.497 e. The molecule has 1 fully saturated rings. The molecule has 0 bridgehead atoms. The van der Waals surface area contributed by atoms with Crippen LogP contribution in [0.4, 0.5) is 0 Å². The van der Waals surface area contributed by atoms with E-state index in [0.29, 0.717) is 18.7 Å². The van der Waals surface area contributed by atoms with Gasteiger partial charge in [-0.2, -0.15) is 0 Å². The number of ether oxygens (including phenoxy) is 1. The number of methoxy groups -OCH3 is 1. The minimum absolute atomic E-state index is 0.00822. The summed E-state index contributed by atoms with van der Waals surface area (Å²) in [6, 6.07) is 15.8. The van der Waals surface area contributed by atoms with Crippen LogP contribution in [-0.2, 0) is 21.9 Å². The highest BCUT2D eigenvalue weighted by molar-refractivity contribution is 7.99. The number of thioether (sulfide) groups is 1. The van der Waals surface area contributed by atoms with Crippen LogP contribution in [-0.4, -0.2) is 41.7 Å². The summed E-state index contributed by atoms with van der Waals surface area (Å²) in [5.74, 6) is 1.82. The van der Waals surface area contributed by atoms with Crippen molar-refractivity contribution in [3.63, 3.8) is 0 Å². The normalized spacial score (nSPS) is 14.9. The van der Waals surface area contributed by atoms with Crippen LogP contribution in [0.3, 0.4) is 0 Å². The molecule has 1 unspecified atom stereocenters. The van der Waals surface area contributed by atoms with E-state index in [9.17, 15) is 9.59 Å². The summed E-state index contributed by atoms with van der Waals surface area (Å²) >= 11 is 1.60. The molecule has 1 aliphatic rings. The summed E-state index contributed by atoms with van der Waals surface area (Å²) in [5, 5.41) is 3.24. The number of nitrogens with zero attached hydrogens (tertiary/aromatic N) is 1. The number of carbonyl (C=O) groups excluding carboxylic acids is 2. The molecule has 1 atom stereocenters. The van der Waals surface area contributed by atoms with Crippen molar-refractivity contribution in [2.45, 2.75) is 76.8 Å². The molecule has 0 heterocycles. The Labute approximate surface area is 208 Å². The lowest BCUT2D eigenvalue weighted by atomic mass is 9.95. The maximum atomic E-state index is 13.5. The van der Waals surface area contributed by atoms with Crippen LogP contribution in [0.1, 0.15) is 62.1 Å². The lowest BCUT2D eigenvalue weighted by Gasteiger charge is -2.32. The number of hydrogen-bond acceptors (Lipinski definition) is 4. The fourth-order valence-corrected chi connectivity index (χ4v) is 5.43. The van der Waals surface area contributed by atoms with Crippen molar-refractivity contribution in [1.82, 2.24) is 10.2 Å². The second kappa shape index (κ2) is 13.4. The van der Waals surface area contributed by atoms with Crippen molar-refractivity contribution < 1.29 is 14.3 Å². The van der Waals surface area contributed by atoms with Crippen LogP contribution in [0, 0.1) is 6.92 Å². The van der Waals surface area contributed by atoms with Gasteiger partial charge in [0.2, 0.25) is 11.8 Å². The summed E-state index contributed by atoms with van der Waals surface area (Å²) in [4.78, 5) is 28.5. The molecule has 6 heteroatoms. The van der Waals surface area contributed by atoms with E-state index < -0.39 is 6.04 Å². The van der Waals surface area contributed by atoms with Gasteiger partial charge in [-0.25, -0.2) is 0 Å². The van der Waals surface area contributed by atoms with Gasteiger partial charge in [0, 0.05) is 18.3 Å². The Bertz CT molecular complexity index is 943. The molecule has 3 rings (SSSR count). The number of amides is 2. The zero-order valence-electron chi connectivity index (χ0n) is 20.7. The predicted octanol–water partition coefficient (Wildman–Crippen LogP) is 5.49. The highest BCUT2D eigenvalue weighted by atomic mass is 32.2. The first-order chi connectivity index (χ1) is 16.5. The third kappa shape index (κ3) is 7.79. The molecule has 0 spiro atoms. The number of hydrogen-bond donors (Lipinski definition) is 1. The fourth-order valence-electron chi connectivity index (χ4n) is 4.57.